The van der Waals surface area contributed by atoms with E-state index in [-0.39, 0.29) is 23.8 Å². The summed E-state index contributed by atoms with van der Waals surface area (Å²) in [4.78, 5) is 12.0. The van der Waals surface area contributed by atoms with Gasteiger partial charge in [0.25, 0.3) is 0 Å². The van der Waals surface area contributed by atoms with Gasteiger partial charge in [0.05, 0.1) is 20.3 Å². The first-order chi connectivity index (χ1) is 9.38. The second-order valence-electron chi connectivity index (χ2n) is 5.53. The fourth-order valence-electron chi connectivity index (χ4n) is 1.96. The van der Waals surface area contributed by atoms with Gasteiger partial charge in [0.1, 0.15) is 11.5 Å². The van der Waals surface area contributed by atoms with Crippen LogP contribution in [-0.2, 0) is 4.79 Å². The molecule has 20 heavy (non-hydrogen) atoms. The zero-order chi connectivity index (χ0) is 15.3. The van der Waals surface area contributed by atoms with E-state index in [1.807, 2.05) is 32.0 Å². The summed E-state index contributed by atoms with van der Waals surface area (Å²) in [5, 5.41) is 3.08. The van der Waals surface area contributed by atoms with Gasteiger partial charge in [-0.25, -0.2) is 0 Å². The molecule has 0 heterocycles. The van der Waals surface area contributed by atoms with Gasteiger partial charge in [-0.05, 0) is 23.6 Å². The van der Waals surface area contributed by atoms with Crippen LogP contribution in [0.1, 0.15) is 39.3 Å². The highest BCUT2D eigenvalue weighted by molar-refractivity contribution is 5.78. The van der Waals surface area contributed by atoms with Gasteiger partial charge >= 0.3 is 0 Å². The number of hydrogen-bond acceptors (Lipinski definition) is 3. The molecule has 1 atom stereocenters. The Kier molecular flexibility index (Phi) is 5.86. The van der Waals surface area contributed by atoms with Crippen molar-refractivity contribution in [1.82, 2.24) is 5.32 Å². The number of amides is 1. The minimum absolute atomic E-state index is 0.0382. The molecule has 0 aromatic heterocycles. The lowest BCUT2D eigenvalue weighted by molar-refractivity contribution is -0.125. The number of carbonyl (C=O) groups excluding carboxylic acids is 1. The SMILES string of the molecule is COc1cc(OC)cc(C(NC(=O)C(C)C)C(C)C)c1. The normalized spacial score (nSPS) is 12.4. The van der Waals surface area contributed by atoms with Crippen molar-refractivity contribution >= 4 is 5.91 Å². The Balaban J connectivity index is 3.11. The molecule has 1 N–H and O–H groups in total. The number of nitrogens with one attached hydrogen (secondary N) is 1. The maximum atomic E-state index is 12.0. The van der Waals surface area contributed by atoms with E-state index < -0.39 is 0 Å². The van der Waals surface area contributed by atoms with E-state index in [9.17, 15) is 4.79 Å². The number of methoxy groups -OCH3 is 2. The van der Waals surface area contributed by atoms with E-state index in [0.29, 0.717) is 0 Å². The number of benzene rings is 1. The highest BCUT2D eigenvalue weighted by Crippen LogP contribution is 2.30. The third-order valence-corrected chi connectivity index (χ3v) is 3.22. The highest BCUT2D eigenvalue weighted by Gasteiger charge is 2.21. The predicted octanol–water partition coefficient (Wildman–Crippen LogP) is 3.17. The van der Waals surface area contributed by atoms with Gasteiger partial charge in [0, 0.05) is 12.0 Å². The molecule has 0 saturated heterocycles. The number of carbonyl (C=O) groups is 1. The molecule has 0 aliphatic heterocycles. The molecule has 0 radical (unpaired) electrons. The van der Waals surface area contributed by atoms with Crippen molar-refractivity contribution in [3.05, 3.63) is 23.8 Å². The Morgan fingerprint density at radius 1 is 1.00 bits per heavy atom. The second-order valence-corrected chi connectivity index (χ2v) is 5.53. The first-order valence-electron chi connectivity index (χ1n) is 6.92. The summed E-state index contributed by atoms with van der Waals surface area (Å²) < 4.78 is 10.6. The second kappa shape index (κ2) is 7.17. The summed E-state index contributed by atoms with van der Waals surface area (Å²) in [6.07, 6.45) is 0. The summed E-state index contributed by atoms with van der Waals surface area (Å²) in [6.45, 7) is 7.94. The number of ether oxygens (including phenoxy) is 2. The molecule has 0 fully saturated rings. The molecule has 112 valence electrons. The fraction of sp³-hybridized carbons (Fsp3) is 0.562. The standard InChI is InChI=1S/C16H25NO3/c1-10(2)15(17-16(18)11(3)4)12-7-13(19-5)9-14(8-12)20-6/h7-11,15H,1-6H3,(H,17,18). The Morgan fingerprint density at radius 3 is 1.85 bits per heavy atom. The molecular formula is C16H25NO3. The van der Waals surface area contributed by atoms with Crippen molar-refractivity contribution < 1.29 is 14.3 Å². The van der Waals surface area contributed by atoms with Crippen molar-refractivity contribution in [3.63, 3.8) is 0 Å². The van der Waals surface area contributed by atoms with Crippen molar-refractivity contribution in [2.45, 2.75) is 33.7 Å². The maximum Gasteiger partial charge on any atom is 0.223 e. The topological polar surface area (TPSA) is 47.6 Å². The average molecular weight is 279 g/mol. The van der Waals surface area contributed by atoms with Crippen LogP contribution in [0.25, 0.3) is 0 Å². The van der Waals surface area contributed by atoms with Gasteiger partial charge in [-0.1, -0.05) is 27.7 Å². The molecule has 1 aromatic rings. The van der Waals surface area contributed by atoms with Crippen LogP contribution < -0.4 is 14.8 Å². The molecule has 1 amide bonds. The first-order valence-corrected chi connectivity index (χ1v) is 6.92. The molecule has 1 aromatic carbocycles. The van der Waals surface area contributed by atoms with E-state index in [1.54, 1.807) is 14.2 Å². The Bertz CT molecular complexity index is 433. The van der Waals surface area contributed by atoms with E-state index in [1.165, 1.54) is 0 Å². The molecule has 0 spiro atoms. The van der Waals surface area contributed by atoms with Gasteiger partial charge in [-0.2, -0.15) is 0 Å². The van der Waals surface area contributed by atoms with E-state index in [2.05, 4.69) is 19.2 Å². The van der Waals surface area contributed by atoms with Crippen LogP contribution >= 0.6 is 0 Å². The van der Waals surface area contributed by atoms with Gasteiger partial charge in [-0.3, -0.25) is 4.79 Å². The quantitative estimate of drug-likeness (QED) is 0.870. The minimum Gasteiger partial charge on any atom is -0.497 e. The smallest absolute Gasteiger partial charge is 0.223 e. The summed E-state index contributed by atoms with van der Waals surface area (Å²) in [5.74, 6) is 1.73. The third-order valence-electron chi connectivity index (χ3n) is 3.22. The summed E-state index contributed by atoms with van der Waals surface area (Å²) in [6, 6.07) is 5.64. The molecule has 0 bridgehead atoms. The number of hydrogen-bond donors (Lipinski definition) is 1. The van der Waals surface area contributed by atoms with E-state index in [0.717, 1.165) is 17.1 Å². The largest absolute Gasteiger partial charge is 0.497 e. The zero-order valence-corrected chi connectivity index (χ0v) is 13.2. The predicted molar refractivity (Wildman–Crippen MR) is 80.1 cm³/mol. The Labute approximate surface area is 121 Å². The first kappa shape index (κ1) is 16.3. The molecule has 0 aliphatic rings. The molecule has 0 saturated carbocycles. The molecule has 4 nitrogen and oxygen atoms in total. The molecule has 0 aliphatic carbocycles. The van der Waals surface area contributed by atoms with Gasteiger partial charge in [0.15, 0.2) is 0 Å². The van der Waals surface area contributed by atoms with Crippen LogP contribution in [0.15, 0.2) is 18.2 Å². The van der Waals surface area contributed by atoms with Crippen LogP contribution in [0, 0.1) is 11.8 Å². The average Bonchev–Trinajstić information content (AvgIpc) is 2.43. The highest BCUT2D eigenvalue weighted by atomic mass is 16.5. The van der Waals surface area contributed by atoms with Crippen LogP contribution in [0.5, 0.6) is 11.5 Å². The van der Waals surface area contributed by atoms with Crippen molar-refractivity contribution in [3.8, 4) is 11.5 Å². The van der Waals surface area contributed by atoms with Crippen molar-refractivity contribution in [2.24, 2.45) is 11.8 Å². The third kappa shape index (κ3) is 4.15. The fourth-order valence-corrected chi connectivity index (χ4v) is 1.96. The minimum atomic E-state index is -0.0612. The van der Waals surface area contributed by atoms with Crippen LogP contribution in [-0.4, -0.2) is 20.1 Å². The Hall–Kier alpha value is -1.71. The molecule has 4 heteroatoms. The summed E-state index contributed by atoms with van der Waals surface area (Å²) >= 11 is 0. The molecular weight excluding hydrogens is 254 g/mol. The molecule has 1 unspecified atom stereocenters. The molecule has 1 rings (SSSR count). The van der Waals surface area contributed by atoms with Gasteiger partial charge in [0.2, 0.25) is 5.91 Å². The number of rotatable bonds is 6. The van der Waals surface area contributed by atoms with Gasteiger partial charge < -0.3 is 14.8 Å². The summed E-state index contributed by atoms with van der Waals surface area (Å²) in [5.41, 5.74) is 0.991. The summed E-state index contributed by atoms with van der Waals surface area (Å²) in [7, 11) is 3.24. The monoisotopic (exact) mass is 279 g/mol. The Morgan fingerprint density at radius 2 is 1.50 bits per heavy atom. The lowest BCUT2D eigenvalue weighted by atomic mass is 9.95. The van der Waals surface area contributed by atoms with Crippen LogP contribution in [0.2, 0.25) is 0 Å². The van der Waals surface area contributed by atoms with Crippen molar-refractivity contribution in [1.29, 1.82) is 0 Å². The maximum absolute atomic E-state index is 12.0. The lowest BCUT2D eigenvalue weighted by Crippen LogP contribution is -2.34. The lowest BCUT2D eigenvalue weighted by Gasteiger charge is -2.25. The van der Waals surface area contributed by atoms with E-state index >= 15 is 0 Å². The van der Waals surface area contributed by atoms with Crippen molar-refractivity contribution in [2.75, 3.05) is 14.2 Å². The van der Waals surface area contributed by atoms with Crippen LogP contribution in [0.3, 0.4) is 0 Å². The van der Waals surface area contributed by atoms with E-state index in [4.69, 9.17) is 9.47 Å². The van der Waals surface area contributed by atoms with Gasteiger partial charge in [-0.15, -0.1) is 0 Å². The zero-order valence-electron chi connectivity index (χ0n) is 13.2. The van der Waals surface area contributed by atoms with Crippen LogP contribution in [0.4, 0.5) is 0 Å².